The van der Waals surface area contributed by atoms with Gasteiger partial charge in [-0.1, -0.05) is 17.7 Å². The van der Waals surface area contributed by atoms with Crippen LogP contribution in [-0.4, -0.2) is 49.9 Å². The molecule has 0 amide bonds. The molecule has 1 atom stereocenters. The number of hydrogen-bond acceptors (Lipinski definition) is 4. The number of aryl methyl sites for hydroxylation is 1. The van der Waals surface area contributed by atoms with Gasteiger partial charge in [0.15, 0.2) is 5.11 Å². The summed E-state index contributed by atoms with van der Waals surface area (Å²) in [6, 6.07) is 14.8. The molecule has 0 bridgehead atoms. The molecule has 1 fully saturated rings. The van der Waals surface area contributed by atoms with Crippen LogP contribution in [0, 0.1) is 6.92 Å². The van der Waals surface area contributed by atoms with Crippen molar-refractivity contribution in [3.05, 3.63) is 48.0 Å². The van der Waals surface area contributed by atoms with Crippen LogP contribution in [0.4, 0.5) is 11.4 Å². The van der Waals surface area contributed by atoms with Gasteiger partial charge in [-0.05, 0) is 50.3 Å². The molecule has 144 valence electrons. The van der Waals surface area contributed by atoms with Crippen LogP contribution in [0.5, 0.6) is 11.5 Å². The zero-order valence-electron chi connectivity index (χ0n) is 16.4. The molecule has 6 heteroatoms. The van der Waals surface area contributed by atoms with Crippen molar-refractivity contribution in [3.8, 4) is 11.5 Å². The van der Waals surface area contributed by atoms with Gasteiger partial charge in [0.1, 0.15) is 11.5 Å². The number of rotatable bonds is 4. The maximum atomic E-state index is 5.66. The minimum Gasteiger partial charge on any atom is -0.497 e. The molecular weight excluding hydrogens is 358 g/mol. The van der Waals surface area contributed by atoms with E-state index in [0.29, 0.717) is 16.9 Å². The number of thiocarbonyl (C=S) groups is 1. The lowest BCUT2D eigenvalue weighted by Gasteiger charge is -2.42. The maximum absolute atomic E-state index is 5.66. The van der Waals surface area contributed by atoms with Crippen LogP contribution >= 0.6 is 12.2 Å². The molecular formula is C21H27N3O2S. The van der Waals surface area contributed by atoms with E-state index in [2.05, 4.69) is 53.2 Å². The van der Waals surface area contributed by atoms with E-state index in [1.807, 2.05) is 18.2 Å². The summed E-state index contributed by atoms with van der Waals surface area (Å²) >= 11 is 5.66. The molecule has 0 aromatic heterocycles. The molecule has 1 saturated heterocycles. The molecule has 1 aliphatic heterocycles. The Hall–Kier alpha value is -2.47. The number of hydrogen-bond donors (Lipinski definition) is 1. The number of nitrogens with one attached hydrogen (secondary N) is 1. The number of nitrogens with zero attached hydrogens (tertiary/aromatic N) is 2. The Morgan fingerprint density at radius 1 is 1.07 bits per heavy atom. The van der Waals surface area contributed by atoms with Gasteiger partial charge >= 0.3 is 0 Å². The van der Waals surface area contributed by atoms with Crippen LogP contribution in [0.1, 0.15) is 12.5 Å². The monoisotopic (exact) mass is 385 g/mol. The molecule has 1 N–H and O–H groups in total. The molecule has 2 aromatic carbocycles. The predicted octanol–water partition coefficient (Wildman–Crippen LogP) is 3.92. The molecule has 1 heterocycles. The molecule has 0 unspecified atom stereocenters. The Bertz CT molecular complexity index is 795. The maximum Gasteiger partial charge on any atom is 0.173 e. The predicted molar refractivity (Wildman–Crippen MR) is 115 cm³/mol. The smallest absolute Gasteiger partial charge is 0.173 e. The van der Waals surface area contributed by atoms with Gasteiger partial charge < -0.3 is 24.6 Å². The van der Waals surface area contributed by atoms with Gasteiger partial charge in [0.25, 0.3) is 0 Å². The zero-order chi connectivity index (χ0) is 19.4. The molecule has 3 rings (SSSR count). The van der Waals surface area contributed by atoms with Crippen molar-refractivity contribution in [2.75, 3.05) is 44.1 Å². The van der Waals surface area contributed by atoms with Crippen LogP contribution in [0.25, 0.3) is 0 Å². The molecule has 1 aliphatic rings. The van der Waals surface area contributed by atoms with E-state index in [9.17, 15) is 0 Å². The second kappa shape index (κ2) is 8.48. The number of anilines is 2. The first-order valence-corrected chi connectivity index (χ1v) is 9.54. The van der Waals surface area contributed by atoms with Crippen molar-refractivity contribution in [3.63, 3.8) is 0 Å². The van der Waals surface area contributed by atoms with Crippen molar-refractivity contribution >= 4 is 28.7 Å². The van der Waals surface area contributed by atoms with Gasteiger partial charge in [0.2, 0.25) is 0 Å². The van der Waals surface area contributed by atoms with E-state index in [1.54, 1.807) is 14.2 Å². The third-order valence-corrected chi connectivity index (χ3v) is 5.29. The van der Waals surface area contributed by atoms with E-state index in [-0.39, 0.29) is 0 Å². The Kier molecular flexibility index (Phi) is 6.06. The quantitative estimate of drug-likeness (QED) is 0.804. The Morgan fingerprint density at radius 2 is 1.81 bits per heavy atom. The third-order valence-electron chi connectivity index (χ3n) is 4.93. The fourth-order valence-electron chi connectivity index (χ4n) is 3.36. The zero-order valence-corrected chi connectivity index (χ0v) is 17.2. The fraction of sp³-hybridized carbons (Fsp3) is 0.381. The van der Waals surface area contributed by atoms with Gasteiger partial charge in [-0.3, -0.25) is 0 Å². The van der Waals surface area contributed by atoms with Crippen molar-refractivity contribution in [2.24, 2.45) is 0 Å². The van der Waals surface area contributed by atoms with Gasteiger partial charge in [-0.2, -0.15) is 0 Å². The van der Waals surface area contributed by atoms with Crippen molar-refractivity contribution in [1.29, 1.82) is 0 Å². The number of piperazine rings is 1. The van der Waals surface area contributed by atoms with Crippen LogP contribution in [0.2, 0.25) is 0 Å². The van der Waals surface area contributed by atoms with E-state index >= 15 is 0 Å². The summed E-state index contributed by atoms with van der Waals surface area (Å²) in [6.45, 7) is 7.04. The highest BCUT2D eigenvalue weighted by atomic mass is 32.1. The summed E-state index contributed by atoms with van der Waals surface area (Å²) in [6.07, 6.45) is 0. The Balaban J connectivity index is 1.65. The van der Waals surface area contributed by atoms with E-state index in [0.717, 1.165) is 31.1 Å². The molecule has 0 saturated carbocycles. The van der Waals surface area contributed by atoms with Gasteiger partial charge in [-0.25, -0.2) is 0 Å². The standard InChI is InChI=1S/C21H27N3O2S/c1-15-5-7-17(8-6-15)24-12-11-23(14-16(24)2)21(27)22-19-10-9-18(25-3)13-20(19)26-4/h5-10,13,16H,11-12,14H2,1-4H3,(H,22,27)/t16-/m0/s1. The van der Waals surface area contributed by atoms with E-state index in [1.165, 1.54) is 11.3 Å². The highest BCUT2D eigenvalue weighted by Gasteiger charge is 2.25. The van der Waals surface area contributed by atoms with Gasteiger partial charge in [0.05, 0.1) is 19.9 Å². The van der Waals surface area contributed by atoms with Crippen LogP contribution in [0.3, 0.4) is 0 Å². The lowest BCUT2D eigenvalue weighted by atomic mass is 10.1. The van der Waals surface area contributed by atoms with Gasteiger partial charge in [0, 0.05) is 37.4 Å². The van der Waals surface area contributed by atoms with E-state index in [4.69, 9.17) is 21.7 Å². The number of methoxy groups -OCH3 is 2. The summed E-state index contributed by atoms with van der Waals surface area (Å²) in [5.74, 6) is 1.46. The van der Waals surface area contributed by atoms with Gasteiger partial charge in [-0.15, -0.1) is 0 Å². The summed E-state index contributed by atoms with van der Waals surface area (Å²) in [5, 5.41) is 4.04. The summed E-state index contributed by atoms with van der Waals surface area (Å²) in [5.41, 5.74) is 3.39. The highest BCUT2D eigenvalue weighted by molar-refractivity contribution is 7.80. The van der Waals surface area contributed by atoms with Crippen molar-refractivity contribution in [1.82, 2.24) is 4.90 Å². The van der Waals surface area contributed by atoms with Crippen LogP contribution < -0.4 is 19.7 Å². The van der Waals surface area contributed by atoms with Crippen LogP contribution in [0.15, 0.2) is 42.5 Å². The summed E-state index contributed by atoms with van der Waals surface area (Å²) in [7, 11) is 3.28. The summed E-state index contributed by atoms with van der Waals surface area (Å²) < 4.78 is 10.7. The summed E-state index contributed by atoms with van der Waals surface area (Å²) in [4.78, 5) is 4.65. The first kappa shape index (κ1) is 19.3. The normalized spacial score (nSPS) is 16.8. The molecule has 0 radical (unpaired) electrons. The van der Waals surface area contributed by atoms with Crippen LogP contribution in [-0.2, 0) is 0 Å². The first-order chi connectivity index (χ1) is 13.0. The second-order valence-electron chi connectivity index (χ2n) is 6.82. The largest absolute Gasteiger partial charge is 0.497 e. The molecule has 5 nitrogen and oxygen atoms in total. The first-order valence-electron chi connectivity index (χ1n) is 9.13. The SMILES string of the molecule is COc1ccc(NC(=S)N2CCN(c3ccc(C)cc3)[C@@H](C)C2)c(OC)c1. The third kappa shape index (κ3) is 4.45. The molecule has 0 aliphatic carbocycles. The second-order valence-corrected chi connectivity index (χ2v) is 7.21. The highest BCUT2D eigenvalue weighted by Crippen LogP contribution is 2.29. The Morgan fingerprint density at radius 3 is 2.44 bits per heavy atom. The molecule has 0 spiro atoms. The lowest BCUT2D eigenvalue weighted by molar-refractivity contribution is 0.342. The van der Waals surface area contributed by atoms with Crippen molar-refractivity contribution < 1.29 is 9.47 Å². The average molecular weight is 386 g/mol. The topological polar surface area (TPSA) is 37.0 Å². The minimum atomic E-state index is 0.374. The van der Waals surface area contributed by atoms with Crippen molar-refractivity contribution in [2.45, 2.75) is 19.9 Å². The minimum absolute atomic E-state index is 0.374. The number of benzene rings is 2. The Labute approximate surface area is 166 Å². The lowest BCUT2D eigenvalue weighted by Crippen LogP contribution is -2.54. The van der Waals surface area contributed by atoms with E-state index < -0.39 is 0 Å². The fourth-order valence-corrected chi connectivity index (χ4v) is 3.63. The molecule has 2 aromatic rings. The average Bonchev–Trinajstić information content (AvgIpc) is 2.69. The number of ether oxygens (including phenoxy) is 2. The molecule has 27 heavy (non-hydrogen) atoms.